The second-order valence-corrected chi connectivity index (χ2v) is 6.75. The summed E-state index contributed by atoms with van der Waals surface area (Å²) in [6.45, 7) is 0.622. The van der Waals surface area contributed by atoms with Crippen LogP contribution in [0.3, 0.4) is 0 Å². The Morgan fingerprint density at radius 2 is 1.78 bits per heavy atom. The van der Waals surface area contributed by atoms with E-state index in [1.165, 1.54) is 5.56 Å². The van der Waals surface area contributed by atoms with Crippen LogP contribution in [0.25, 0.3) is 0 Å². The van der Waals surface area contributed by atoms with E-state index in [4.69, 9.17) is 28.9 Å². The van der Waals surface area contributed by atoms with Crippen molar-refractivity contribution < 1.29 is 4.79 Å². The number of nitrogen functional groups attached to an aromatic ring is 1. The molecule has 1 unspecified atom stereocenters. The predicted octanol–water partition coefficient (Wildman–Crippen LogP) is 4.56. The van der Waals surface area contributed by atoms with Gasteiger partial charge in [-0.25, -0.2) is 0 Å². The van der Waals surface area contributed by atoms with E-state index in [9.17, 15) is 4.79 Å². The van der Waals surface area contributed by atoms with E-state index in [0.29, 0.717) is 40.3 Å². The molecule has 0 aromatic heterocycles. The predicted molar refractivity (Wildman–Crippen MR) is 96.1 cm³/mol. The molecule has 1 atom stereocenters. The van der Waals surface area contributed by atoms with Crippen LogP contribution >= 0.6 is 23.2 Å². The van der Waals surface area contributed by atoms with Gasteiger partial charge in [0.05, 0.1) is 15.7 Å². The Labute approximate surface area is 146 Å². The van der Waals surface area contributed by atoms with Crippen molar-refractivity contribution in [3.05, 3.63) is 58.1 Å². The molecule has 0 aliphatic carbocycles. The summed E-state index contributed by atoms with van der Waals surface area (Å²) in [5.41, 5.74) is 8.10. The average molecular weight is 349 g/mol. The topological polar surface area (TPSA) is 46.3 Å². The van der Waals surface area contributed by atoms with Crippen LogP contribution in [0.5, 0.6) is 0 Å². The molecule has 0 saturated carbocycles. The minimum atomic E-state index is 0.0582. The number of nitrogens with zero attached hydrogens (tertiary/aromatic N) is 1. The molecular weight excluding hydrogens is 331 g/mol. The molecule has 23 heavy (non-hydrogen) atoms. The summed E-state index contributed by atoms with van der Waals surface area (Å²) in [5, 5.41) is 0.840. The number of carbonyl (C=O) groups is 1. The zero-order valence-corrected chi connectivity index (χ0v) is 14.1. The van der Waals surface area contributed by atoms with Crippen molar-refractivity contribution >= 4 is 40.5 Å². The summed E-state index contributed by atoms with van der Waals surface area (Å²) in [7, 11) is 0. The fraction of sp³-hybridized carbons (Fsp3) is 0.278. The Balaban J connectivity index is 1.83. The van der Waals surface area contributed by atoms with Crippen molar-refractivity contribution in [2.75, 3.05) is 17.2 Å². The highest BCUT2D eigenvalue weighted by atomic mass is 35.5. The molecule has 1 saturated heterocycles. The highest BCUT2D eigenvalue weighted by molar-refractivity contribution is 6.40. The molecule has 2 aromatic carbocycles. The minimum absolute atomic E-state index is 0.0582. The Morgan fingerprint density at radius 1 is 1.13 bits per heavy atom. The quantitative estimate of drug-likeness (QED) is 0.826. The zero-order chi connectivity index (χ0) is 16.4. The number of hydrogen-bond acceptors (Lipinski definition) is 2. The number of piperidine rings is 1. The van der Waals surface area contributed by atoms with Crippen molar-refractivity contribution in [2.45, 2.75) is 19.3 Å². The monoisotopic (exact) mass is 348 g/mol. The second kappa shape index (κ2) is 6.81. The smallest absolute Gasteiger partial charge is 0.227 e. The molecule has 0 bridgehead atoms. The molecule has 0 spiro atoms. The maximum absolute atomic E-state index is 12.4. The number of anilines is 2. The van der Waals surface area contributed by atoms with Crippen LogP contribution in [-0.4, -0.2) is 12.5 Å². The number of rotatable bonds is 3. The molecular formula is C18H18Cl2N2O. The molecule has 2 aromatic rings. The first-order valence-electron chi connectivity index (χ1n) is 7.63. The van der Waals surface area contributed by atoms with Gasteiger partial charge in [0.1, 0.15) is 0 Å². The Hall–Kier alpha value is -1.71. The van der Waals surface area contributed by atoms with Crippen LogP contribution in [0.1, 0.15) is 18.4 Å². The van der Waals surface area contributed by atoms with Crippen molar-refractivity contribution in [1.29, 1.82) is 0 Å². The number of carbonyl (C=O) groups excluding carboxylic acids is 1. The summed E-state index contributed by atoms with van der Waals surface area (Å²) in [4.78, 5) is 14.1. The summed E-state index contributed by atoms with van der Waals surface area (Å²) in [6, 6.07) is 13.6. The molecule has 1 amide bonds. The van der Waals surface area contributed by atoms with Gasteiger partial charge in [0.25, 0.3) is 0 Å². The number of halogens is 2. The third kappa shape index (κ3) is 3.62. The maximum Gasteiger partial charge on any atom is 0.227 e. The molecule has 1 aliphatic rings. The van der Waals surface area contributed by atoms with Gasteiger partial charge in [-0.15, -0.1) is 0 Å². The van der Waals surface area contributed by atoms with E-state index in [0.717, 1.165) is 12.8 Å². The number of hydrogen-bond donors (Lipinski definition) is 1. The summed E-state index contributed by atoms with van der Waals surface area (Å²) in [5.74, 6) is 0.447. The van der Waals surface area contributed by atoms with E-state index < -0.39 is 0 Å². The van der Waals surface area contributed by atoms with Crippen molar-refractivity contribution in [2.24, 2.45) is 5.92 Å². The lowest BCUT2D eigenvalue weighted by atomic mass is 9.90. The fourth-order valence-electron chi connectivity index (χ4n) is 3.09. The van der Waals surface area contributed by atoms with Crippen molar-refractivity contribution in [3.8, 4) is 0 Å². The standard InChI is InChI=1S/C18H18Cl2N2O/c19-15-9-14(21)10-16(20)18(15)22-11-13(6-7-17(22)23)8-12-4-2-1-3-5-12/h1-5,9-10,13H,6-8,11,21H2. The molecule has 5 heteroatoms. The SMILES string of the molecule is Nc1cc(Cl)c(N2CC(Cc3ccccc3)CCC2=O)c(Cl)c1. The molecule has 3 rings (SSSR count). The van der Waals surface area contributed by atoms with Crippen molar-refractivity contribution in [3.63, 3.8) is 0 Å². The summed E-state index contributed by atoms with van der Waals surface area (Å²) >= 11 is 12.6. The molecule has 0 radical (unpaired) electrons. The fourth-order valence-corrected chi connectivity index (χ4v) is 3.79. The number of benzene rings is 2. The molecule has 3 nitrogen and oxygen atoms in total. The Kier molecular flexibility index (Phi) is 4.79. The van der Waals surface area contributed by atoms with E-state index in [1.54, 1.807) is 17.0 Å². The normalized spacial score (nSPS) is 18.3. The number of amides is 1. The van der Waals surface area contributed by atoms with Gasteiger partial charge in [-0.1, -0.05) is 53.5 Å². The molecule has 1 heterocycles. The summed E-state index contributed by atoms with van der Waals surface area (Å²) in [6.07, 6.45) is 2.33. The van der Waals surface area contributed by atoms with Gasteiger partial charge in [0.2, 0.25) is 5.91 Å². The van der Waals surface area contributed by atoms with Crippen LogP contribution in [0.4, 0.5) is 11.4 Å². The van der Waals surface area contributed by atoms with Gasteiger partial charge in [0.15, 0.2) is 0 Å². The van der Waals surface area contributed by atoms with Crippen LogP contribution in [0.2, 0.25) is 10.0 Å². The largest absolute Gasteiger partial charge is 0.399 e. The van der Waals surface area contributed by atoms with Gasteiger partial charge < -0.3 is 10.6 Å². The van der Waals surface area contributed by atoms with Crippen molar-refractivity contribution in [1.82, 2.24) is 0 Å². The van der Waals surface area contributed by atoms with E-state index in [1.807, 2.05) is 18.2 Å². The van der Waals surface area contributed by atoms with E-state index in [2.05, 4.69) is 12.1 Å². The van der Waals surface area contributed by atoms with Crippen LogP contribution < -0.4 is 10.6 Å². The molecule has 2 N–H and O–H groups in total. The first-order valence-corrected chi connectivity index (χ1v) is 8.39. The van der Waals surface area contributed by atoms with Crippen LogP contribution in [0, 0.1) is 5.92 Å². The van der Waals surface area contributed by atoms with Crippen LogP contribution in [0.15, 0.2) is 42.5 Å². The maximum atomic E-state index is 12.4. The molecule has 120 valence electrons. The first kappa shape index (κ1) is 16.2. The zero-order valence-electron chi connectivity index (χ0n) is 12.6. The highest BCUT2D eigenvalue weighted by Crippen LogP contribution is 2.38. The lowest BCUT2D eigenvalue weighted by molar-refractivity contribution is -0.120. The number of nitrogens with two attached hydrogens (primary N) is 1. The Morgan fingerprint density at radius 3 is 2.43 bits per heavy atom. The van der Waals surface area contributed by atoms with Crippen LogP contribution in [-0.2, 0) is 11.2 Å². The van der Waals surface area contributed by atoms with Gasteiger partial charge in [-0.3, -0.25) is 4.79 Å². The minimum Gasteiger partial charge on any atom is -0.399 e. The average Bonchev–Trinajstić information content (AvgIpc) is 2.50. The van der Waals surface area contributed by atoms with Gasteiger partial charge in [0, 0.05) is 18.7 Å². The van der Waals surface area contributed by atoms with Gasteiger partial charge >= 0.3 is 0 Å². The summed E-state index contributed by atoms with van der Waals surface area (Å²) < 4.78 is 0. The third-order valence-electron chi connectivity index (χ3n) is 4.18. The van der Waals surface area contributed by atoms with E-state index in [-0.39, 0.29) is 5.91 Å². The first-order chi connectivity index (χ1) is 11.0. The van der Waals surface area contributed by atoms with Gasteiger partial charge in [-0.2, -0.15) is 0 Å². The second-order valence-electron chi connectivity index (χ2n) is 5.93. The third-order valence-corrected chi connectivity index (χ3v) is 4.76. The lowest BCUT2D eigenvalue weighted by Crippen LogP contribution is -2.41. The van der Waals surface area contributed by atoms with Gasteiger partial charge in [-0.05, 0) is 36.5 Å². The highest BCUT2D eigenvalue weighted by Gasteiger charge is 2.29. The molecule has 1 fully saturated rings. The Bertz CT molecular complexity index is 695. The molecule has 1 aliphatic heterocycles. The van der Waals surface area contributed by atoms with E-state index >= 15 is 0 Å². The lowest BCUT2D eigenvalue weighted by Gasteiger charge is -2.34.